The second kappa shape index (κ2) is 39.0. The zero-order valence-corrected chi connectivity index (χ0v) is 35.5. The number of hydrogen-bond donors (Lipinski definition) is 4. The van der Waals surface area contributed by atoms with Crippen molar-refractivity contribution in [2.75, 3.05) is 26.4 Å². The topological polar surface area (TPSA) is 175 Å². The van der Waals surface area contributed by atoms with E-state index in [0.717, 1.165) is 38.5 Å². The molecule has 11 nitrogen and oxygen atoms in total. The number of unbranched alkanes of at least 4 members (excludes halogenated alkanes) is 17. The molecule has 0 aromatic rings. The first kappa shape index (κ1) is 53.1. The van der Waals surface area contributed by atoms with Crippen LogP contribution in [0, 0.1) is 0 Å². The van der Waals surface area contributed by atoms with Crippen LogP contribution in [-0.2, 0) is 32.7 Å². The van der Waals surface area contributed by atoms with E-state index in [2.05, 4.69) is 38.2 Å². The summed E-state index contributed by atoms with van der Waals surface area (Å²) >= 11 is 0. The standard InChI is InChI=1S/C43H80NO10P/c1-3-5-7-9-11-13-15-17-18-19-21-23-25-27-29-33-42(47)51-37-39(38-53-55(49,50)52-36-35-44)54-43(48)34-30-32-41(46)40(45)31-28-26-24-22-20-16-14-12-10-8-6-4-2/h12,14,20,22,26,28,39-41,45-46H,3-11,13,15-19,21,23-25,27,29-38,44H2,1-2H3,(H,49,50)/b14-12-,22-20-,28-26-/t39-,40?,41?/m1/s1. The van der Waals surface area contributed by atoms with Crippen molar-refractivity contribution < 1.29 is 47.8 Å². The monoisotopic (exact) mass is 802 g/mol. The summed E-state index contributed by atoms with van der Waals surface area (Å²) in [5.41, 5.74) is 5.33. The first-order valence-electron chi connectivity index (χ1n) is 21.6. The molecular formula is C43H80NO10P. The molecule has 0 bridgehead atoms. The number of hydrogen-bond acceptors (Lipinski definition) is 10. The molecule has 0 rings (SSSR count). The fourth-order valence-corrected chi connectivity index (χ4v) is 6.62. The molecule has 0 aromatic carbocycles. The van der Waals surface area contributed by atoms with Gasteiger partial charge in [0.2, 0.25) is 0 Å². The third-order valence-corrected chi connectivity index (χ3v) is 10.2. The van der Waals surface area contributed by atoms with Crippen LogP contribution in [0.15, 0.2) is 36.5 Å². The molecule has 0 saturated heterocycles. The Bertz CT molecular complexity index is 1040. The van der Waals surface area contributed by atoms with Crippen LogP contribution in [0.2, 0.25) is 0 Å². The molecule has 0 radical (unpaired) electrons. The smallest absolute Gasteiger partial charge is 0.462 e. The lowest BCUT2D eigenvalue weighted by Gasteiger charge is -2.20. The molecule has 3 unspecified atom stereocenters. The van der Waals surface area contributed by atoms with Gasteiger partial charge in [0.15, 0.2) is 6.10 Å². The van der Waals surface area contributed by atoms with Gasteiger partial charge in [0, 0.05) is 19.4 Å². The van der Waals surface area contributed by atoms with Gasteiger partial charge in [-0.25, -0.2) is 4.57 Å². The molecule has 0 heterocycles. The Morgan fingerprint density at radius 1 is 0.618 bits per heavy atom. The number of rotatable bonds is 40. The van der Waals surface area contributed by atoms with Crippen molar-refractivity contribution >= 4 is 19.8 Å². The van der Waals surface area contributed by atoms with Crippen molar-refractivity contribution in [1.82, 2.24) is 0 Å². The summed E-state index contributed by atoms with van der Waals surface area (Å²) in [5.74, 6) is -1.11. The number of ether oxygens (including phenoxy) is 2. The maximum atomic E-state index is 12.6. The Labute approximate surface area is 334 Å². The number of allylic oxidation sites excluding steroid dienone is 5. The van der Waals surface area contributed by atoms with Gasteiger partial charge in [0.25, 0.3) is 0 Å². The molecule has 0 spiro atoms. The zero-order chi connectivity index (χ0) is 40.7. The van der Waals surface area contributed by atoms with Gasteiger partial charge in [-0.15, -0.1) is 0 Å². The van der Waals surface area contributed by atoms with Crippen molar-refractivity contribution in [1.29, 1.82) is 0 Å². The Hall–Kier alpha value is -1.85. The van der Waals surface area contributed by atoms with Gasteiger partial charge in [0.1, 0.15) is 6.61 Å². The van der Waals surface area contributed by atoms with Crippen LogP contribution in [-0.4, -0.2) is 71.7 Å². The SMILES string of the molecule is CCCCC/C=C\C/C=C\C/C=C\CC(O)C(O)CCCC(=O)O[C@H](COC(=O)CCCCCCCCCCCCCCCCC)COP(=O)(O)OCCN. The number of esters is 2. The van der Waals surface area contributed by atoms with Crippen LogP contribution in [0.25, 0.3) is 0 Å². The molecule has 4 atom stereocenters. The van der Waals surface area contributed by atoms with Gasteiger partial charge < -0.3 is 30.3 Å². The Morgan fingerprint density at radius 3 is 1.71 bits per heavy atom. The van der Waals surface area contributed by atoms with E-state index < -0.39 is 44.7 Å². The second-order valence-corrected chi connectivity index (χ2v) is 16.0. The number of aliphatic hydroxyl groups excluding tert-OH is 2. The zero-order valence-electron chi connectivity index (χ0n) is 34.6. The Morgan fingerprint density at radius 2 is 1.13 bits per heavy atom. The Kier molecular flexibility index (Phi) is 37.7. The molecule has 0 aromatic heterocycles. The summed E-state index contributed by atoms with van der Waals surface area (Å²) in [7, 11) is -4.46. The number of carbonyl (C=O) groups excluding carboxylic acids is 2. The average molecular weight is 802 g/mol. The average Bonchev–Trinajstić information content (AvgIpc) is 3.16. The van der Waals surface area contributed by atoms with E-state index in [-0.39, 0.29) is 51.9 Å². The molecule has 0 saturated carbocycles. The predicted molar refractivity (Wildman–Crippen MR) is 222 cm³/mol. The highest BCUT2D eigenvalue weighted by atomic mass is 31.2. The normalized spacial score (nSPS) is 14.8. The van der Waals surface area contributed by atoms with Crippen LogP contribution in [0.4, 0.5) is 0 Å². The molecule has 55 heavy (non-hydrogen) atoms. The van der Waals surface area contributed by atoms with Gasteiger partial charge in [-0.2, -0.15) is 0 Å². The molecule has 322 valence electrons. The summed E-state index contributed by atoms with van der Waals surface area (Å²) in [5, 5.41) is 20.7. The number of aliphatic hydroxyl groups is 2. The lowest BCUT2D eigenvalue weighted by molar-refractivity contribution is -0.161. The van der Waals surface area contributed by atoms with E-state index >= 15 is 0 Å². The van der Waals surface area contributed by atoms with Gasteiger partial charge >= 0.3 is 19.8 Å². The summed E-state index contributed by atoms with van der Waals surface area (Å²) < 4.78 is 32.6. The first-order chi connectivity index (χ1) is 26.6. The predicted octanol–water partition coefficient (Wildman–Crippen LogP) is 10.1. The Balaban J connectivity index is 4.40. The summed E-state index contributed by atoms with van der Waals surface area (Å²) in [6.45, 7) is 3.37. The fraction of sp³-hybridized carbons (Fsp3) is 0.814. The summed E-state index contributed by atoms with van der Waals surface area (Å²) in [4.78, 5) is 34.9. The largest absolute Gasteiger partial charge is 0.472 e. The molecular weight excluding hydrogens is 721 g/mol. The van der Waals surface area contributed by atoms with Crippen molar-refractivity contribution in [3.8, 4) is 0 Å². The summed E-state index contributed by atoms with van der Waals surface area (Å²) in [6, 6.07) is 0. The maximum absolute atomic E-state index is 12.6. The van der Waals surface area contributed by atoms with Gasteiger partial charge in [-0.3, -0.25) is 18.6 Å². The van der Waals surface area contributed by atoms with E-state index in [1.807, 2.05) is 12.2 Å². The quantitative estimate of drug-likeness (QED) is 0.0201. The van der Waals surface area contributed by atoms with Crippen LogP contribution < -0.4 is 5.73 Å². The van der Waals surface area contributed by atoms with E-state index in [1.54, 1.807) is 0 Å². The van der Waals surface area contributed by atoms with Crippen molar-refractivity contribution in [2.45, 2.75) is 199 Å². The van der Waals surface area contributed by atoms with Crippen molar-refractivity contribution in [3.05, 3.63) is 36.5 Å². The third-order valence-electron chi connectivity index (χ3n) is 9.23. The highest BCUT2D eigenvalue weighted by Gasteiger charge is 2.26. The minimum Gasteiger partial charge on any atom is -0.462 e. The van der Waals surface area contributed by atoms with E-state index in [4.69, 9.17) is 24.3 Å². The lowest BCUT2D eigenvalue weighted by atomic mass is 10.0. The third kappa shape index (κ3) is 37.5. The number of phosphoric ester groups is 1. The number of phosphoric acid groups is 1. The van der Waals surface area contributed by atoms with Gasteiger partial charge in [0.05, 0.1) is 25.4 Å². The minimum absolute atomic E-state index is 0.00872. The van der Waals surface area contributed by atoms with E-state index in [1.165, 1.54) is 89.9 Å². The minimum atomic E-state index is -4.46. The molecule has 0 aliphatic rings. The lowest BCUT2D eigenvalue weighted by Crippen LogP contribution is -2.30. The first-order valence-corrected chi connectivity index (χ1v) is 23.1. The molecule has 0 aliphatic heterocycles. The molecule has 12 heteroatoms. The maximum Gasteiger partial charge on any atom is 0.472 e. The van der Waals surface area contributed by atoms with Crippen molar-refractivity contribution in [2.24, 2.45) is 5.73 Å². The van der Waals surface area contributed by atoms with E-state index in [9.17, 15) is 29.3 Å². The number of carbonyl (C=O) groups is 2. The van der Waals surface area contributed by atoms with Crippen LogP contribution >= 0.6 is 7.82 Å². The van der Waals surface area contributed by atoms with Gasteiger partial charge in [-0.05, 0) is 51.4 Å². The molecule has 0 amide bonds. The highest BCUT2D eigenvalue weighted by Crippen LogP contribution is 2.43. The van der Waals surface area contributed by atoms with Crippen molar-refractivity contribution in [3.63, 3.8) is 0 Å². The molecule has 5 N–H and O–H groups in total. The number of nitrogens with two attached hydrogens (primary N) is 1. The van der Waals surface area contributed by atoms with Crippen LogP contribution in [0.5, 0.6) is 0 Å². The summed E-state index contributed by atoms with van der Waals surface area (Å²) in [6.07, 6.45) is 34.9. The van der Waals surface area contributed by atoms with E-state index in [0.29, 0.717) is 6.42 Å². The molecule has 0 fully saturated rings. The highest BCUT2D eigenvalue weighted by molar-refractivity contribution is 7.47. The van der Waals surface area contributed by atoms with Crippen LogP contribution in [0.1, 0.15) is 181 Å². The second-order valence-electron chi connectivity index (χ2n) is 14.5. The molecule has 0 aliphatic carbocycles. The van der Waals surface area contributed by atoms with Gasteiger partial charge in [-0.1, -0.05) is 153 Å². The van der Waals surface area contributed by atoms with Crippen LogP contribution in [0.3, 0.4) is 0 Å². The fourth-order valence-electron chi connectivity index (χ4n) is 5.86.